The van der Waals surface area contributed by atoms with Crippen LogP contribution in [-0.2, 0) is 23.9 Å². The lowest BCUT2D eigenvalue weighted by Gasteiger charge is -2.43. The summed E-state index contributed by atoms with van der Waals surface area (Å²) in [5.74, 6) is -4.86. The van der Waals surface area contributed by atoms with Crippen molar-refractivity contribution >= 4 is 17.7 Å². The first kappa shape index (κ1) is 17.1. The van der Waals surface area contributed by atoms with Crippen LogP contribution in [0.2, 0.25) is 0 Å². The smallest absolute Gasteiger partial charge is 0.316 e. The number of ketones is 1. The van der Waals surface area contributed by atoms with E-state index >= 15 is 0 Å². The molecule has 2 rings (SSSR count). The average molecular weight is 320 g/mol. The van der Waals surface area contributed by atoms with Crippen molar-refractivity contribution in [1.29, 1.82) is 0 Å². The van der Waals surface area contributed by atoms with Gasteiger partial charge in [-0.2, -0.15) is 0 Å². The minimum absolute atomic E-state index is 0.310. The Balaban J connectivity index is 2.61. The van der Waals surface area contributed by atoms with E-state index in [1.54, 1.807) is 30.3 Å². The molecule has 0 amide bonds. The molecule has 1 fully saturated rings. The van der Waals surface area contributed by atoms with Gasteiger partial charge in [0.1, 0.15) is 5.92 Å². The van der Waals surface area contributed by atoms with Gasteiger partial charge in [-0.05, 0) is 12.5 Å². The number of carbonyl (C=O) groups is 3. The molecule has 1 aromatic rings. The van der Waals surface area contributed by atoms with Crippen LogP contribution in [0.4, 0.5) is 0 Å². The third kappa shape index (κ3) is 3.12. The monoisotopic (exact) mass is 320 g/mol. The molecule has 0 saturated heterocycles. The van der Waals surface area contributed by atoms with E-state index in [-0.39, 0.29) is 6.42 Å². The fraction of sp³-hybridized carbons (Fsp3) is 0.471. The Morgan fingerprint density at radius 2 is 1.70 bits per heavy atom. The number of hydrogen-bond acceptors (Lipinski definition) is 6. The summed E-state index contributed by atoms with van der Waals surface area (Å²) in [6.07, 6.45) is -0.310. The first-order chi connectivity index (χ1) is 10.8. The van der Waals surface area contributed by atoms with Crippen LogP contribution in [0.1, 0.15) is 24.8 Å². The minimum Gasteiger partial charge on any atom is -0.469 e. The number of Topliss-reactive ketones (excluding diaryl/α,β-unsaturated/α-hetero) is 1. The highest BCUT2D eigenvalue weighted by Gasteiger charge is 2.56. The SMILES string of the molecule is COC(=O)[C@@H]1C(=O)C[C@@](C)(O)[C@H](C(=O)OC)[C@H]1c1ccccc1. The first-order valence-electron chi connectivity index (χ1n) is 7.29. The van der Waals surface area contributed by atoms with Crippen LogP contribution in [0.25, 0.3) is 0 Å². The van der Waals surface area contributed by atoms with Crippen molar-refractivity contribution in [3.63, 3.8) is 0 Å². The largest absolute Gasteiger partial charge is 0.469 e. The second-order valence-electron chi connectivity index (χ2n) is 5.94. The maximum absolute atomic E-state index is 12.4. The number of hydrogen-bond donors (Lipinski definition) is 1. The predicted molar refractivity (Wildman–Crippen MR) is 80.4 cm³/mol. The van der Waals surface area contributed by atoms with Crippen LogP contribution in [0, 0.1) is 11.8 Å². The second kappa shape index (κ2) is 6.50. The van der Waals surface area contributed by atoms with Crippen molar-refractivity contribution in [2.45, 2.75) is 24.9 Å². The van der Waals surface area contributed by atoms with E-state index < -0.39 is 41.1 Å². The van der Waals surface area contributed by atoms with E-state index in [2.05, 4.69) is 0 Å². The molecular weight excluding hydrogens is 300 g/mol. The summed E-state index contributed by atoms with van der Waals surface area (Å²) in [7, 11) is 2.40. The molecule has 1 aliphatic rings. The Bertz CT molecular complexity index is 607. The van der Waals surface area contributed by atoms with Gasteiger partial charge in [-0.3, -0.25) is 14.4 Å². The summed E-state index contributed by atoms with van der Waals surface area (Å²) in [6, 6.07) is 8.70. The molecule has 1 aliphatic carbocycles. The van der Waals surface area contributed by atoms with Gasteiger partial charge in [-0.15, -0.1) is 0 Å². The van der Waals surface area contributed by atoms with Gasteiger partial charge < -0.3 is 14.6 Å². The first-order valence-corrected chi connectivity index (χ1v) is 7.29. The lowest BCUT2D eigenvalue weighted by molar-refractivity contribution is -0.170. The molecule has 0 radical (unpaired) electrons. The minimum atomic E-state index is -1.60. The van der Waals surface area contributed by atoms with Gasteiger partial charge in [0.25, 0.3) is 0 Å². The quantitative estimate of drug-likeness (QED) is 0.662. The number of methoxy groups -OCH3 is 2. The number of esters is 2. The Morgan fingerprint density at radius 3 is 2.22 bits per heavy atom. The maximum atomic E-state index is 12.4. The summed E-state index contributed by atoms with van der Waals surface area (Å²) in [5.41, 5.74) is -0.999. The summed E-state index contributed by atoms with van der Waals surface area (Å²) in [4.78, 5) is 36.9. The van der Waals surface area contributed by atoms with Crippen LogP contribution in [0.3, 0.4) is 0 Å². The molecule has 0 heterocycles. The van der Waals surface area contributed by atoms with Crippen molar-refractivity contribution in [2.75, 3.05) is 14.2 Å². The lowest BCUT2D eigenvalue weighted by Crippen LogP contribution is -2.55. The summed E-state index contributed by atoms with van der Waals surface area (Å²) in [5, 5.41) is 10.6. The topological polar surface area (TPSA) is 89.9 Å². The molecule has 1 N–H and O–H groups in total. The number of ether oxygens (including phenoxy) is 2. The normalized spacial score (nSPS) is 30.6. The Morgan fingerprint density at radius 1 is 1.13 bits per heavy atom. The van der Waals surface area contributed by atoms with Crippen LogP contribution in [0.15, 0.2) is 30.3 Å². The predicted octanol–water partition coefficient (Wildman–Crippen LogP) is 1.07. The zero-order valence-corrected chi connectivity index (χ0v) is 13.3. The van der Waals surface area contributed by atoms with Crippen molar-refractivity contribution in [1.82, 2.24) is 0 Å². The molecule has 0 bridgehead atoms. The van der Waals surface area contributed by atoms with Crippen LogP contribution in [0.5, 0.6) is 0 Å². The van der Waals surface area contributed by atoms with Crippen molar-refractivity contribution < 1.29 is 29.0 Å². The molecule has 6 heteroatoms. The molecule has 1 aromatic carbocycles. The number of aliphatic hydroxyl groups is 1. The average Bonchev–Trinajstić information content (AvgIpc) is 2.52. The Kier molecular flexibility index (Phi) is 4.85. The molecule has 0 aliphatic heterocycles. The summed E-state index contributed by atoms with van der Waals surface area (Å²) in [6.45, 7) is 1.41. The molecule has 0 aromatic heterocycles. The van der Waals surface area contributed by atoms with Crippen LogP contribution < -0.4 is 0 Å². The lowest BCUT2D eigenvalue weighted by atomic mass is 9.62. The van der Waals surface area contributed by atoms with E-state index in [0.717, 1.165) is 0 Å². The van der Waals surface area contributed by atoms with E-state index in [1.165, 1.54) is 21.1 Å². The summed E-state index contributed by atoms with van der Waals surface area (Å²) >= 11 is 0. The molecule has 0 unspecified atom stereocenters. The van der Waals surface area contributed by atoms with Gasteiger partial charge in [0.2, 0.25) is 0 Å². The molecule has 1 saturated carbocycles. The van der Waals surface area contributed by atoms with Gasteiger partial charge in [-0.25, -0.2) is 0 Å². The van der Waals surface area contributed by atoms with Gasteiger partial charge in [0, 0.05) is 12.3 Å². The molecule has 23 heavy (non-hydrogen) atoms. The molecular formula is C17H20O6. The number of benzene rings is 1. The van der Waals surface area contributed by atoms with Gasteiger partial charge in [0.15, 0.2) is 5.78 Å². The van der Waals surface area contributed by atoms with Crippen LogP contribution in [-0.4, -0.2) is 42.6 Å². The molecule has 0 spiro atoms. The second-order valence-corrected chi connectivity index (χ2v) is 5.94. The maximum Gasteiger partial charge on any atom is 0.316 e. The van der Waals surface area contributed by atoms with E-state index in [4.69, 9.17) is 9.47 Å². The number of rotatable bonds is 3. The Hall–Kier alpha value is -2.21. The highest BCUT2D eigenvalue weighted by Crippen LogP contribution is 2.46. The Labute approximate surface area is 134 Å². The third-order valence-electron chi connectivity index (χ3n) is 4.36. The third-order valence-corrected chi connectivity index (χ3v) is 4.36. The zero-order chi connectivity index (χ0) is 17.2. The standard InChI is InChI=1S/C17H20O6/c1-17(21)9-11(18)13(15(19)22-2)12(14(17)16(20)23-3)10-7-5-4-6-8-10/h4-8,12-14,21H,9H2,1-3H3/t12-,13+,14-,17+/m0/s1. The van der Waals surface area contributed by atoms with Crippen molar-refractivity contribution in [2.24, 2.45) is 11.8 Å². The molecule has 124 valence electrons. The van der Waals surface area contributed by atoms with Crippen LogP contribution >= 0.6 is 0 Å². The highest BCUT2D eigenvalue weighted by molar-refractivity contribution is 6.02. The van der Waals surface area contributed by atoms with Gasteiger partial charge >= 0.3 is 11.9 Å². The fourth-order valence-corrected chi connectivity index (χ4v) is 3.34. The van der Waals surface area contributed by atoms with E-state index in [1.807, 2.05) is 0 Å². The van der Waals surface area contributed by atoms with E-state index in [9.17, 15) is 19.5 Å². The van der Waals surface area contributed by atoms with Gasteiger partial charge in [-0.1, -0.05) is 30.3 Å². The van der Waals surface area contributed by atoms with Crippen molar-refractivity contribution in [3.8, 4) is 0 Å². The molecule has 6 nitrogen and oxygen atoms in total. The van der Waals surface area contributed by atoms with Gasteiger partial charge in [0.05, 0.1) is 25.7 Å². The van der Waals surface area contributed by atoms with E-state index in [0.29, 0.717) is 5.56 Å². The molecule has 4 atom stereocenters. The zero-order valence-electron chi connectivity index (χ0n) is 13.3. The summed E-state index contributed by atoms with van der Waals surface area (Å²) < 4.78 is 9.56. The van der Waals surface area contributed by atoms with Crippen molar-refractivity contribution in [3.05, 3.63) is 35.9 Å². The highest BCUT2D eigenvalue weighted by atomic mass is 16.5. The fourth-order valence-electron chi connectivity index (χ4n) is 3.34. The number of carbonyl (C=O) groups excluding carboxylic acids is 3.